The lowest BCUT2D eigenvalue weighted by Gasteiger charge is -2.21. The van der Waals surface area contributed by atoms with Crippen LogP contribution in [0.15, 0.2) is 24.5 Å². The Morgan fingerprint density at radius 2 is 2.19 bits per heavy atom. The van der Waals surface area contributed by atoms with Crippen molar-refractivity contribution < 1.29 is 4.74 Å². The smallest absolute Gasteiger partial charge is 0.155 e. The van der Waals surface area contributed by atoms with E-state index in [-0.39, 0.29) is 0 Å². The Bertz CT molecular complexity index is 474. The van der Waals surface area contributed by atoms with Crippen molar-refractivity contribution in [3.63, 3.8) is 0 Å². The Hall–Kier alpha value is -1.42. The number of aromatic nitrogens is 3. The van der Waals surface area contributed by atoms with Gasteiger partial charge in [0.05, 0.1) is 0 Å². The van der Waals surface area contributed by atoms with Crippen molar-refractivity contribution in [2.45, 2.75) is 19.3 Å². The fourth-order valence-electron chi connectivity index (χ4n) is 2.30. The largest absolute Gasteiger partial charge is 0.381 e. The summed E-state index contributed by atoms with van der Waals surface area (Å²) < 4.78 is 7.32. The molecule has 4 nitrogen and oxygen atoms in total. The first-order valence-electron chi connectivity index (χ1n) is 5.79. The SMILES string of the molecule is c1cc(CC2CCOCC2)n2ncnc2c1. The van der Waals surface area contributed by atoms with Crippen LogP contribution in [0.2, 0.25) is 0 Å². The maximum atomic E-state index is 5.38. The lowest BCUT2D eigenvalue weighted by Crippen LogP contribution is -2.18. The Kier molecular flexibility index (Phi) is 2.58. The van der Waals surface area contributed by atoms with E-state index in [0.717, 1.165) is 44.0 Å². The highest BCUT2D eigenvalue weighted by atomic mass is 16.5. The zero-order valence-electron chi connectivity index (χ0n) is 9.17. The van der Waals surface area contributed by atoms with Crippen LogP contribution in [0.1, 0.15) is 18.5 Å². The highest BCUT2D eigenvalue weighted by Gasteiger charge is 2.15. The minimum atomic E-state index is 0.726. The van der Waals surface area contributed by atoms with Crippen LogP contribution in [0.25, 0.3) is 5.65 Å². The molecule has 1 fully saturated rings. The van der Waals surface area contributed by atoms with Crippen molar-refractivity contribution in [1.82, 2.24) is 14.6 Å². The van der Waals surface area contributed by atoms with E-state index < -0.39 is 0 Å². The van der Waals surface area contributed by atoms with Gasteiger partial charge in [-0.05, 0) is 37.3 Å². The third kappa shape index (κ3) is 1.80. The van der Waals surface area contributed by atoms with E-state index in [0.29, 0.717) is 0 Å². The molecule has 1 aliphatic heterocycles. The van der Waals surface area contributed by atoms with Crippen LogP contribution < -0.4 is 0 Å². The standard InChI is InChI=1S/C12H15N3O/c1-2-11(8-10-4-6-16-7-5-10)15-12(3-1)13-9-14-15/h1-3,9-10H,4-8H2. The molecule has 3 heterocycles. The molecule has 0 N–H and O–H groups in total. The molecule has 0 spiro atoms. The fraction of sp³-hybridized carbons (Fsp3) is 0.500. The van der Waals surface area contributed by atoms with Gasteiger partial charge in [0.15, 0.2) is 5.65 Å². The lowest BCUT2D eigenvalue weighted by atomic mass is 9.95. The van der Waals surface area contributed by atoms with Gasteiger partial charge in [-0.1, -0.05) is 6.07 Å². The van der Waals surface area contributed by atoms with E-state index in [1.165, 1.54) is 5.69 Å². The van der Waals surface area contributed by atoms with Crippen LogP contribution in [0, 0.1) is 5.92 Å². The number of hydrogen-bond donors (Lipinski definition) is 0. The molecule has 0 radical (unpaired) electrons. The van der Waals surface area contributed by atoms with Gasteiger partial charge >= 0.3 is 0 Å². The van der Waals surface area contributed by atoms with Gasteiger partial charge < -0.3 is 4.74 Å². The number of nitrogens with zero attached hydrogens (tertiary/aromatic N) is 3. The van der Waals surface area contributed by atoms with Crippen molar-refractivity contribution in [2.24, 2.45) is 5.92 Å². The molecular weight excluding hydrogens is 202 g/mol. The normalized spacial score (nSPS) is 18.0. The Balaban J connectivity index is 1.85. The second-order valence-electron chi connectivity index (χ2n) is 4.31. The van der Waals surface area contributed by atoms with Crippen molar-refractivity contribution in [3.8, 4) is 0 Å². The monoisotopic (exact) mass is 217 g/mol. The molecule has 1 saturated heterocycles. The van der Waals surface area contributed by atoms with E-state index in [9.17, 15) is 0 Å². The highest BCUT2D eigenvalue weighted by Crippen LogP contribution is 2.19. The average molecular weight is 217 g/mol. The minimum Gasteiger partial charge on any atom is -0.381 e. The Morgan fingerprint density at radius 3 is 3.06 bits per heavy atom. The summed E-state index contributed by atoms with van der Waals surface area (Å²) in [4.78, 5) is 4.20. The predicted octanol–water partition coefficient (Wildman–Crippen LogP) is 1.70. The molecule has 2 aromatic rings. The third-order valence-electron chi connectivity index (χ3n) is 3.22. The molecule has 0 unspecified atom stereocenters. The van der Waals surface area contributed by atoms with Crippen LogP contribution in [0.4, 0.5) is 0 Å². The first-order valence-corrected chi connectivity index (χ1v) is 5.79. The molecule has 0 bridgehead atoms. The van der Waals surface area contributed by atoms with Crippen molar-refractivity contribution in [2.75, 3.05) is 13.2 Å². The summed E-state index contributed by atoms with van der Waals surface area (Å²) in [6.45, 7) is 1.80. The summed E-state index contributed by atoms with van der Waals surface area (Å²) in [7, 11) is 0. The van der Waals surface area contributed by atoms with Crippen LogP contribution in [0.3, 0.4) is 0 Å². The van der Waals surface area contributed by atoms with Crippen molar-refractivity contribution in [3.05, 3.63) is 30.2 Å². The summed E-state index contributed by atoms with van der Waals surface area (Å²) >= 11 is 0. The predicted molar refractivity (Wildman–Crippen MR) is 60.2 cm³/mol. The van der Waals surface area contributed by atoms with E-state index in [1.54, 1.807) is 6.33 Å². The van der Waals surface area contributed by atoms with Crippen LogP contribution >= 0.6 is 0 Å². The average Bonchev–Trinajstić information content (AvgIpc) is 2.80. The second kappa shape index (κ2) is 4.22. The van der Waals surface area contributed by atoms with Gasteiger partial charge in [0.1, 0.15) is 6.33 Å². The van der Waals surface area contributed by atoms with Crippen LogP contribution in [-0.2, 0) is 11.2 Å². The summed E-state index contributed by atoms with van der Waals surface area (Å²) in [6, 6.07) is 6.18. The van der Waals surface area contributed by atoms with Gasteiger partial charge in [-0.2, -0.15) is 5.10 Å². The van der Waals surface area contributed by atoms with Gasteiger partial charge in [0.2, 0.25) is 0 Å². The summed E-state index contributed by atoms with van der Waals surface area (Å²) in [5, 5.41) is 4.26. The number of hydrogen-bond acceptors (Lipinski definition) is 3. The van der Waals surface area contributed by atoms with Crippen LogP contribution in [-0.4, -0.2) is 27.8 Å². The summed E-state index contributed by atoms with van der Waals surface area (Å²) in [6.07, 6.45) is 5.00. The van der Waals surface area contributed by atoms with Crippen molar-refractivity contribution in [1.29, 1.82) is 0 Å². The van der Waals surface area contributed by atoms with E-state index in [1.807, 2.05) is 10.6 Å². The van der Waals surface area contributed by atoms with Crippen LogP contribution in [0.5, 0.6) is 0 Å². The van der Waals surface area contributed by atoms with Crippen molar-refractivity contribution >= 4 is 5.65 Å². The number of ether oxygens (including phenoxy) is 1. The zero-order chi connectivity index (χ0) is 10.8. The first kappa shape index (κ1) is 9.78. The number of pyridine rings is 1. The van der Waals surface area contributed by atoms with E-state index in [2.05, 4.69) is 22.2 Å². The molecule has 0 aliphatic carbocycles. The van der Waals surface area contributed by atoms with Gasteiger partial charge in [0.25, 0.3) is 0 Å². The second-order valence-corrected chi connectivity index (χ2v) is 4.31. The zero-order valence-corrected chi connectivity index (χ0v) is 9.17. The third-order valence-corrected chi connectivity index (χ3v) is 3.22. The van der Waals surface area contributed by atoms with Gasteiger partial charge in [-0.15, -0.1) is 0 Å². The quantitative estimate of drug-likeness (QED) is 0.768. The van der Waals surface area contributed by atoms with E-state index >= 15 is 0 Å². The molecule has 0 aromatic carbocycles. The molecule has 16 heavy (non-hydrogen) atoms. The molecule has 0 amide bonds. The summed E-state index contributed by atoms with van der Waals surface area (Å²) in [5.74, 6) is 0.726. The molecule has 4 heteroatoms. The van der Waals surface area contributed by atoms with Gasteiger partial charge in [-0.25, -0.2) is 9.50 Å². The maximum absolute atomic E-state index is 5.38. The first-order chi connectivity index (χ1) is 7.93. The molecule has 0 atom stereocenters. The molecular formula is C12H15N3O. The fourth-order valence-corrected chi connectivity index (χ4v) is 2.30. The Labute approximate surface area is 94.3 Å². The molecule has 84 valence electrons. The Morgan fingerprint density at radius 1 is 1.31 bits per heavy atom. The number of rotatable bonds is 2. The number of fused-ring (bicyclic) bond motifs is 1. The summed E-state index contributed by atoms with van der Waals surface area (Å²) in [5.41, 5.74) is 2.19. The maximum Gasteiger partial charge on any atom is 0.155 e. The van der Waals surface area contributed by atoms with Gasteiger partial charge in [0, 0.05) is 18.9 Å². The topological polar surface area (TPSA) is 39.4 Å². The minimum absolute atomic E-state index is 0.726. The lowest BCUT2D eigenvalue weighted by molar-refractivity contribution is 0.0661. The molecule has 0 saturated carbocycles. The molecule has 1 aliphatic rings. The molecule has 3 rings (SSSR count). The molecule has 2 aromatic heterocycles. The van der Waals surface area contributed by atoms with Gasteiger partial charge in [-0.3, -0.25) is 0 Å². The van der Waals surface area contributed by atoms with E-state index in [4.69, 9.17) is 4.74 Å². The highest BCUT2D eigenvalue weighted by molar-refractivity contribution is 5.37.